The lowest BCUT2D eigenvalue weighted by molar-refractivity contribution is 0.703. The summed E-state index contributed by atoms with van der Waals surface area (Å²) >= 11 is 1.98. The molecule has 0 heterocycles. The summed E-state index contributed by atoms with van der Waals surface area (Å²) in [5, 5.41) is 0.324. The first-order valence-corrected chi connectivity index (χ1v) is 8.35. The Balaban J connectivity index is 2.17. The van der Waals surface area contributed by atoms with Crippen molar-refractivity contribution in [2.24, 2.45) is 5.73 Å². The number of hydrogen-bond acceptors (Lipinski definition) is 2. The maximum absolute atomic E-state index is 6.53. The standard InChI is InChI=1S/C18H23NS/c1-2-3-14-20-18(16-12-8-5-9-13-16)17(19)15-10-6-4-7-11-15/h4-13,17-18H,2-3,14,19H2,1H3. The number of hydrogen-bond donors (Lipinski definition) is 1. The van der Waals surface area contributed by atoms with Crippen molar-refractivity contribution in [2.45, 2.75) is 31.1 Å². The molecule has 2 aromatic carbocycles. The molecule has 2 heteroatoms. The fraction of sp³-hybridized carbons (Fsp3) is 0.333. The minimum atomic E-state index is 0.0421. The SMILES string of the molecule is CCCCSC(c1ccccc1)C(N)c1ccccc1. The van der Waals surface area contributed by atoms with Crippen molar-refractivity contribution >= 4 is 11.8 Å². The Bertz CT molecular complexity index is 483. The van der Waals surface area contributed by atoms with Crippen LogP contribution in [0, 0.1) is 0 Å². The molecule has 0 fully saturated rings. The van der Waals surface area contributed by atoms with Crippen LogP contribution in [-0.4, -0.2) is 5.75 Å². The van der Waals surface area contributed by atoms with E-state index in [1.54, 1.807) is 0 Å². The van der Waals surface area contributed by atoms with Crippen molar-refractivity contribution in [2.75, 3.05) is 5.75 Å². The first-order valence-electron chi connectivity index (χ1n) is 7.30. The van der Waals surface area contributed by atoms with E-state index in [0.29, 0.717) is 5.25 Å². The molecule has 0 aromatic heterocycles. The number of nitrogens with two attached hydrogens (primary N) is 1. The van der Waals surface area contributed by atoms with Crippen LogP contribution in [0.3, 0.4) is 0 Å². The molecule has 20 heavy (non-hydrogen) atoms. The predicted octanol–water partition coefficient (Wildman–Crippen LogP) is 4.96. The predicted molar refractivity (Wildman–Crippen MR) is 89.9 cm³/mol. The van der Waals surface area contributed by atoms with Gasteiger partial charge in [-0.1, -0.05) is 74.0 Å². The molecule has 2 atom stereocenters. The number of unbranched alkanes of at least 4 members (excludes halogenated alkanes) is 1. The molecular weight excluding hydrogens is 262 g/mol. The van der Waals surface area contributed by atoms with Crippen molar-refractivity contribution < 1.29 is 0 Å². The quantitative estimate of drug-likeness (QED) is 0.728. The zero-order valence-electron chi connectivity index (χ0n) is 12.0. The van der Waals surface area contributed by atoms with Gasteiger partial charge in [-0.15, -0.1) is 0 Å². The Hall–Kier alpha value is -1.25. The molecule has 2 unspecified atom stereocenters. The maximum atomic E-state index is 6.53. The van der Waals surface area contributed by atoms with Crippen LogP contribution in [-0.2, 0) is 0 Å². The second-order valence-corrected chi connectivity index (χ2v) is 6.24. The Morgan fingerprint density at radius 1 is 0.900 bits per heavy atom. The van der Waals surface area contributed by atoms with Crippen LogP contribution < -0.4 is 5.73 Å². The van der Waals surface area contributed by atoms with Gasteiger partial charge < -0.3 is 5.73 Å². The van der Waals surface area contributed by atoms with Crippen molar-refractivity contribution in [3.8, 4) is 0 Å². The molecular formula is C18H23NS. The Morgan fingerprint density at radius 2 is 1.45 bits per heavy atom. The molecule has 0 aliphatic rings. The highest BCUT2D eigenvalue weighted by Crippen LogP contribution is 2.38. The molecule has 2 aromatic rings. The third kappa shape index (κ3) is 4.12. The number of benzene rings is 2. The topological polar surface area (TPSA) is 26.0 Å². The molecule has 106 valence electrons. The van der Waals surface area contributed by atoms with E-state index in [0.717, 1.165) is 5.75 Å². The van der Waals surface area contributed by atoms with Gasteiger partial charge in [0, 0.05) is 11.3 Å². The molecule has 0 aliphatic carbocycles. The van der Waals surface area contributed by atoms with Crippen molar-refractivity contribution in [3.63, 3.8) is 0 Å². The van der Waals surface area contributed by atoms with E-state index in [4.69, 9.17) is 5.73 Å². The van der Waals surface area contributed by atoms with Gasteiger partial charge in [-0.2, -0.15) is 11.8 Å². The third-order valence-corrected chi connectivity index (χ3v) is 4.88. The average molecular weight is 285 g/mol. The summed E-state index contributed by atoms with van der Waals surface area (Å²) in [5.74, 6) is 1.16. The smallest absolute Gasteiger partial charge is 0.0490 e. The van der Waals surface area contributed by atoms with Gasteiger partial charge >= 0.3 is 0 Å². The lowest BCUT2D eigenvalue weighted by atomic mass is 9.99. The van der Waals surface area contributed by atoms with E-state index in [9.17, 15) is 0 Å². The normalized spacial score (nSPS) is 13.9. The summed E-state index contributed by atoms with van der Waals surface area (Å²) in [6.45, 7) is 2.23. The monoisotopic (exact) mass is 285 g/mol. The zero-order chi connectivity index (χ0) is 14.2. The van der Waals surface area contributed by atoms with Gasteiger partial charge in [0.15, 0.2) is 0 Å². The highest BCUT2D eigenvalue weighted by atomic mass is 32.2. The molecule has 0 bridgehead atoms. The molecule has 0 saturated heterocycles. The summed E-state index contributed by atoms with van der Waals surface area (Å²) in [6.07, 6.45) is 2.48. The van der Waals surface area contributed by atoms with Crippen molar-refractivity contribution in [3.05, 3.63) is 71.8 Å². The van der Waals surface area contributed by atoms with Gasteiger partial charge in [0.25, 0.3) is 0 Å². The highest BCUT2D eigenvalue weighted by molar-refractivity contribution is 7.99. The molecule has 2 N–H and O–H groups in total. The lowest BCUT2D eigenvalue weighted by Gasteiger charge is -2.24. The van der Waals surface area contributed by atoms with Gasteiger partial charge in [0.1, 0.15) is 0 Å². The molecule has 0 amide bonds. The molecule has 0 aliphatic heterocycles. The van der Waals surface area contributed by atoms with E-state index in [2.05, 4.69) is 61.5 Å². The van der Waals surface area contributed by atoms with E-state index in [1.807, 2.05) is 17.8 Å². The van der Waals surface area contributed by atoms with Crippen LogP contribution in [0.1, 0.15) is 42.2 Å². The van der Waals surface area contributed by atoms with Gasteiger partial charge in [-0.3, -0.25) is 0 Å². The number of thioether (sulfide) groups is 1. The minimum absolute atomic E-state index is 0.0421. The van der Waals surface area contributed by atoms with Crippen molar-refractivity contribution in [1.82, 2.24) is 0 Å². The second kappa shape index (κ2) is 8.13. The van der Waals surface area contributed by atoms with Gasteiger partial charge in [-0.25, -0.2) is 0 Å². The van der Waals surface area contributed by atoms with E-state index in [1.165, 1.54) is 24.0 Å². The number of rotatable bonds is 7. The van der Waals surface area contributed by atoms with E-state index < -0.39 is 0 Å². The summed E-state index contributed by atoms with van der Waals surface area (Å²) in [7, 11) is 0. The molecule has 2 rings (SSSR count). The summed E-state index contributed by atoms with van der Waals surface area (Å²) in [4.78, 5) is 0. The molecule has 0 spiro atoms. The highest BCUT2D eigenvalue weighted by Gasteiger charge is 2.21. The summed E-state index contributed by atoms with van der Waals surface area (Å²) in [6, 6.07) is 21.1. The second-order valence-electron chi connectivity index (χ2n) is 4.99. The van der Waals surface area contributed by atoms with Crippen LogP contribution in [0.5, 0.6) is 0 Å². The van der Waals surface area contributed by atoms with Crippen LogP contribution in [0.4, 0.5) is 0 Å². The van der Waals surface area contributed by atoms with Crippen LogP contribution in [0.25, 0.3) is 0 Å². The maximum Gasteiger partial charge on any atom is 0.0490 e. The third-order valence-electron chi connectivity index (χ3n) is 3.43. The van der Waals surface area contributed by atoms with Crippen LogP contribution in [0.2, 0.25) is 0 Å². The van der Waals surface area contributed by atoms with Crippen molar-refractivity contribution in [1.29, 1.82) is 0 Å². The summed E-state index contributed by atoms with van der Waals surface area (Å²) in [5.41, 5.74) is 9.07. The van der Waals surface area contributed by atoms with Crippen LogP contribution in [0.15, 0.2) is 60.7 Å². The zero-order valence-corrected chi connectivity index (χ0v) is 12.9. The Kier molecular flexibility index (Phi) is 6.16. The minimum Gasteiger partial charge on any atom is -0.323 e. The first-order chi connectivity index (χ1) is 9.83. The van der Waals surface area contributed by atoms with E-state index >= 15 is 0 Å². The molecule has 1 nitrogen and oxygen atoms in total. The first kappa shape index (κ1) is 15.1. The van der Waals surface area contributed by atoms with E-state index in [-0.39, 0.29) is 6.04 Å². The van der Waals surface area contributed by atoms with Gasteiger partial charge in [0.2, 0.25) is 0 Å². The van der Waals surface area contributed by atoms with Gasteiger partial charge in [0.05, 0.1) is 0 Å². The Labute approximate surface area is 126 Å². The largest absolute Gasteiger partial charge is 0.323 e. The average Bonchev–Trinajstić information content (AvgIpc) is 2.53. The Morgan fingerprint density at radius 3 is 2.00 bits per heavy atom. The molecule has 0 radical (unpaired) electrons. The summed E-state index contributed by atoms with van der Waals surface area (Å²) < 4.78 is 0. The molecule has 0 saturated carbocycles. The van der Waals surface area contributed by atoms with Gasteiger partial charge in [-0.05, 0) is 23.3 Å². The fourth-order valence-electron chi connectivity index (χ4n) is 2.25. The van der Waals surface area contributed by atoms with Crippen LogP contribution >= 0.6 is 11.8 Å². The lowest BCUT2D eigenvalue weighted by Crippen LogP contribution is -2.18. The fourth-order valence-corrected chi connectivity index (χ4v) is 3.68.